The van der Waals surface area contributed by atoms with Crippen molar-refractivity contribution in [2.75, 3.05) is 32.0 Å². The van der Waals surface area contributed by atoms with Gasteiger partial charge in [-0.2, -0.15) is 0 Å². The van der Waals surface area contributed by atoms with Gasteiger partial charge in [0.05, 0.1) is 27.0 Å². The highest BCUT2D eigenvalue weighted by Gasteiger charge is 2.23. The van der Waals surface area contributed by atoms with Gasteiger partial charge < -0.3 is 29.6 Å². The summed E-state index contributed by atoms with van der Waals surface area (Å²) in [6.45, 7) is 1.68. The molecule has 3 rings (SSSR count). The number of fused-ring (bicyclic) bond motifs is 1. The van der Waals surface area contributed by atoms with Gasteiger partial charge in [0.2, 0.25) is 11.7 Å². The average molecular weight is 400 g/mol. The second-order valence-electron chi connectivity index (χ2n) is 6.54. The maximum Gasteiger partial charge on any atom is 0.265 e. The second-order valence-corrected chi connectivity index (χ2v) is 6.54. The fraction of sp³-hybridized carbons (Fsp3) is 0.333. The fourth-order valence-corrected chi connectivity index (χ4v) is 3.05. The normalized spacial score (nSPS) is 14.9. The van der Waals surface area contributed by atoms with Gasteiger partial charge in [0.1, 0.15) is 5.75 Å². The highest BCUT2D eigenvalue weighted by molar-refractivity contribution is 5.99. The summed E-state index contributed by atoms with van der Waals surface area (Å²) in [4.78, 5) is 24.1. The molecule has 0 bridgehead atoms. The van der Waals surface area contributed by atoms with Gasteiger partial charge in [-0.15, -0.1) is 0 Å². The van der Waals surface area contributed by atoms with E-state index in [1.165, 1.54) is 0 Å². The van der Waals surface area contributed by atoms with Crippen molar-refractivity contribution in [3.63, 3.8) is 0 Å². The molecule has 0 aromatic heterocycles. The van der Waals surface area contributed by atoms with E-state index in [1.54, 1.807) is 46.5 Å². The summed E-state index contributed by atoms with van der Waals surface area (Å²) >= 11 is 0. The van der Waals surface area contributed by atoms with Crippen LogP contribution in [0.25, 0.3) is 0 Å². The number of rotatable bonds is 7. The number of nitrogens with one attached hydrogen (secondary N) is 2. The van der Waals surface area contributed by atoms with Gasteiger partial charge in [-0.3, -0.25) is 9.59 Å². The lowest BCUT2D eigenvalue weighted by Crippen LogP contribution is -2.34. The quantitative estimate of drug-likeness (QED) is 0.742. The highest BCUT2D eigenvalue weighted by Crippen LogP contribution is 2.38. The first kappa shape index (κ1) is 20.3. The minimum atomic E-state index is -0.540. The van der Waals surface area contributed by atoms with Gasteiger partial charge >= 0.3 is 0 Å². The van der Waals surface area contributed by atoms with Crippen LogP contribution in [0, 0.1) is 0 Å². The first-order valence-corrected chi connectivity index (χ1v) is 9.15. The summed E-state index contributed by atoms with van der Waals surface area (Å²) in [5, 5.41) is 5.60. The second kappa shape index (κ2) is 8.72. The van der Waals surface area contributed by atoms with Crippen LogP contribution < -0.4 is 29.6 Å². The molecule has 2 N–H and O–H groups in total. The Bertz CT molecular complexity index is 902. The van der Waals surface area contributed by atoms with Gasteiger partial charge in [0, 0.05) is 12.1 Å². The molecular weight excluding hydrogens is 376 g/mol. The molecule has 8 nitrogen and oxygen atoms in total. The molecule has 2 aromatic rings. The van der Waals surface area contributed by atoms with E-state index in [0.717, 1.165) is 5.56 Å². The van der Waals surface area contributed by atoms with Crippen molar-refractivity contribution in [1.82, 2.24) is 0 Å². The molecule has 1 aliphatic heterocycles. The van der Waals surface area contributed by atoms with E-state index in [2.05, 4.69) is 10.6 Å². The van der Waals surface area contributed by atoms with Crippen LogP contribution in [0.5, 0.6) is 23.0 Å². The van der Waals surface area contributed by atoms with Gasteiger partial charge in [-0.05, 0) is 49.2 Å². The number of ether oxygens (including phenoxy) is 4. The van der Waals surface area contributed by atoms with Gasteiger partial charge in [-0.25, -0.2) is 0 Å². The maximum atomic E-state index is 12.4. The monoisotopic (exact) mass is 400 g/mol. The van der Waals surface area contributed by atoms with Crippen LogP contribution in [0.4, 0.5) is 11.4 Å². The van der Waals surface area contributed by atoms with Crippen LogP contribution >= 0.6 is 0 Å². The van der Waals surface area contributed by atoms with Gasteiger partial charge in [0.15, 0.2) is 17.6 Å². The molecule has 0 spiro atoms. The number of anilines is 2. The maximum absolute atomic E-state index is 12.4. The summed E-state index contributed by atoms with van der Waals surface area (Å²) in [5.74, 6) is 1.80. The summed E-state index contributed by atoms with van der Waals surface area (Å²) in [6.07, 6.45) is 0.210. The Morgan fingerprint density at radius 3 is 2.41 bits per heavy atom. The van der Waals surface area contributed by atoms with Crippen molar-refractivity contribution >= 4 is 23.2 Å². The Balaban J connectivity index is 1.65. The number of carbonyl (C=O) groups excluding carboxylic acids is 2. The van der Waals surface area contributed by atoms with Crippen molar-refractivity contribution in [3.05, 3.63) is 35.9 Å². The number of carbonyl (C=O) groups is 2. The van der Waals surface area contributed by atoms with E-state index < -0.39 is 6.10 Å². The molecule has 1 atom stereocenters. The lowest BCUT2D eigenvalue weighted by molar-refractivity contribution is -0.122. The number of hydrogen-bond donors (Lipinski definition) is 2. The van der Waals surface area contributed by atoms with Crippen molar-refractivity contribution < 1.29 is 28.5 Å². The molecule has 0 aliphatic carbocycles. The molecule has 1 heterocycles. The summed E-state index contributed by atoms with van der Waals surface area (Å²) in [5.41, 5.74) is 2.00. The molecule has 8 heteroatoms. The number of hydrogen-bond acceptors (Lipinski definition) is 6. The Kier molecular flexibility index (Phi) is 6.11. The first-order valence-electron chi connectivity index (χ1n) is 9.15. The third-order valence-corrected chi connectivity index (χ3v) is 4.56. The molecule has 0 unspecified atom stereocenters. The average Bonchev–Trinajstić information content (AvgIpc) is 2.72. The zero-order chi connectivity index (χ0) is 21.0. The van der Waals surface area contributed by atoms with Crippen molar-refractivity contribution in [1.29, 1.82) is 0 Å². The Hall–Kier alpha value is -3.42. The standard InChI is InChI=1S/C21H24N2O6/c1-12-21(25)23-15-11-14(6-7-16(15)29-12)22-19(24)8-5-13-9-17(26-2)20(28-4)18(10-13)27-3/h6-7,9-12H,5,8H2,1-4H3,(H,22,24)(H,23,25)/t12-/m1/s1. The lowest BCUT2D eigenvalue weighted by atomic mass is 10.1. The molecule has 2 amide bonds. The highest BCUT2D eigenvalue weighted by atomic mass is 16.5. The fourth-order valence-electron chi connectivity index (χ4n) is 3.05. The zero-order valence-electron chi connectivity index (χ0n) is 16.8. The van der Waals surface area contributed by atoms with Crippen molar-refractivity contribution in [2.45, 2.75) is 25.9 Å². The minimum absolute atomic E-state index is 0.157. The molecule has 0 radical (unpaired) electrons. The first-order chi connectivity index (χ1) is 13.9. The number of benzene rings is 2. The molecular formula is C21H24N2O6. The van der Waals surface area contributed by atoms with E-state index in [4.69, 9.17) is 18.9 Å². The van der Waals surface area contributed by atoms with Gasteiger partial charge in [-0.1, -0.05) is 0 Å². The third-order valence-electron chi connectivity index (χ3n) is 4.56. The third kappa shape index (κ3) is 4.53. The molecule has 0 fully saturated rings. The summed E-state index contributed by atoms with van der Waals surface area (Å²) in [6, 6.07) is 8.78. The largest absolute Gasteiger partial charge is 0.493 e. The topological polar surface area (TPSA) is 95.1 Å². The minimum Gasteiger partial charge on any atom is -0.493 e. The molecule has 0 saturated carbocycles. The van der Waals surface area contributed by atoms with Crippen molar-refractivity contribution in [3.8, 4) is 23.0 Å². The molecule has 0 saturated heterocycles. The van der Waals surface area contributed by atoms with Crippen LogP contribution in [-0.4, -0.2) is 39.2 Å². The van der Waals surface area contributed by atoms with E-state index in [-0.39, 0.29) is 18.2 Å². The predicted molar refractivity (Wildman–Crippen MR) is 108 cm³/mol. The predicted octanol–water partition coefficient (Wildman–Crippen LogP) is 3.00. The van der Waals surface area contributed by atoms with Crippen LogP contribution in [0.15, 0.2) is 30.3 Å². The Morgan fingerprint density at radius 2 is 1.79 bits per heavy atom. The summed E-state index contributed by atoms with van der Waals surface area (Å²) < 4.78 is 21.5. The summed E-state index contributed by atoms with van der Waals surface area (Å²) in [7, 11) is 4.64. The van der Waals surface area contributed by atoms with Crippen LogP contribution in [0.3, 0.4) is 0 Å². The molecule has 1 aliphatic rings. The Labute approximate surface area is 169 Å². The SMILES string of the molecule is COc1cc(CCC(=O)Nc2ccc3c(c2)NC(=O)[C@@H](C)O3)cc(OC)c1OC. The van der Waals surface area contributed by atoms with E-state index >= 15 is 0 Å². The van der Waals surface area contributed by atoms with Crippen LogP contribution in [0.1, 0.15) is 18.9 Å². The number of aryl methyl sites for hydroxylation is 1. The number of methoxy groups -OCH3 is 3. The van der Waals surface area contributed by atoms with E-state index in [9.17, 15) is 9.59 Å². The lowest BCUT2D eigenvalue weighted by Gasteiger charge is -2.23. The van der Waals surface area contributed by atoms with E-state index in [1.807, 2.05) is 12.1 Å². The molecule has 29 heavy (non-hydrogen) atoms. The van der Waals surface area contributed by atoms with Gasteiger partial charge in [0.25, 0.3) is 5.91 Å². The van der Waals surface area contributed by atoms with E-state index in [0.29, 0.717) is 40.8 Å². The Morgan fingerprint density at radius 1 is 1.10 bits per heavy atom. The van der Waals surface area contributed by atoms with Crippen molar-refractivity contribution in [2.24, 2.45) is 0 Å². The molecule has 154 valence electrons. The van der Waals surface area contributed by atoms with Crippen LogP contribution in [0.2, 0.25) is 0 Å². The smallest absolute Gasteiger partial charge is 0.265 e. The number of amides is 2. The zero-order valence-corrected chi connectivity index (χ0v) is 16.8. The van der Waals surface area contributed by atoms with Crippen LogP contribution in [-0.2, 0) is 16.0 Å². The molecule has 2 aromatic carbocycles.